The minimum absolute atomic E-state index is 0.251. The van der Waals surface area contributed by atoms with Crippen molar-refractivity contribution >= 4 is 23.5 Å². The second-order valence-corrected chi connectivity index (χ2v) is 6.20. The summed E-state index contributed by atoms with van der Waals surface area (Å²) in [7, 11) is 0. The van der Waals surface area contributed by atoms with Gasteiger partial charge in [0.1, 0.15) is 11.5 Å². The Morgan fingerprint density at radius 1 is 1.00 bits per heavy atom. The maximum Gasteiger partial charge on any atom is 0.282 e. The number of halogens is 1. The van der Waals surface area contributed by atoms with E-state index in [4.69, 9.17) is 0 Å². The molecule has 0 atom stereocenters. The third-order valence-corrected chi connectivity index (χ3v) is 4.24. The fourth-order valence-electron chi connectivity index (χ4n) is 2.96. The number of aromatic nitrogens is 1. The number of carbonyl (C=O) groups is 1. The van der Waals surface area contributed by atoms with E-state index in [0.717, 1.165) is 11.1 Å². The molecule has 0 spiro atoms. The summed E-state index contributed by atoms with van der Waals surface area (Å²) in [6.45, 7) is 1.94. The summed E-state index contributed by atoms with van der Waals surface area (Å²) in [4.78, 5) is 23.0. The Kier molecular flexibility index (Phi) is 4.34. The van der Waals surface area contributed by atoms with Crippen LogP contribution in [0, 0.1) is 12.7 Å². The first-order chi connectivity index (χ1) is 13.1. The molecule has 1 aromatic heterocycles. The van der Waals surface area contributed by atoms with Crippen LogP contribution in [0.25, 0.3) is 6.08 Å². The molecular weight excluding hydrogens is 341 g/mol. The van der Waals surface area contributed by atoms with Crippen LogP contribution in [0.5, 0.6) is 0 Å². The molecule has 3 aromatic rings. The molecule has 1 aliphatic heterocycles. The molecule has 1 amide bonds. The van der Waals surface area contributed by atoms with E-state index in [0.29, 0.717) is 5.69 Å². The molecule has 0 fully saturated rings. The van der Waals surface area contributed by atoms with Gasteiger partial charge in [-0.05, 0) is 60.5 Å². The molecule has 0 saturated carbocycles. The van der Waals surface area contributed by atoms with Gasteiger partial charge in [-0.1, -0.05) is 24.3 Å². The van der Waals surface area contributed by atoms with Crippen molar-refractivity contribution in [3.05, 3.63) is 101 Å². The number of aryl methyl sites for hydroxylation is 1. The van der Waals surface area contributed by atoms with Crippen LogP contribution in [0.3, 0.4) is 0 Å². The van der Waals surface area contributed by atoms with Crippen molar-refractivity contribution in [1.82, 2.24) is 4.98 Å². The Labute approximate surface area is 156 Å². The quantitative estimate of drug-likeness (QED) is 0.654. The number of anilines is 1. The van der Waals surface area contributed by atoms with E-state index in [-0.39, 0.29) is 23.0 Å². The summed E-state index contributed by atoms with van der Waals surface area (Å²) < 4.78 is 14.4. The largest absolute Gasteiger partial charge is 0.282 e. The number of benzene rings is 2. The monoisotopic (exact) mass is 357 g/mol. The molecule has 27 heavy (non-hydrogen) atoms. The van der Waals surface area contributed by atoms with Gasteiger partial charge in [0.2, 0.25) is 0 Å². The molecule has 4 rings (SSSR count). The highest BCUT2D eigenvalue weighted by atomic mass is 19.1. The molecule has 0 aliphatic carbocycles. The second kappa shape index (κ2) is 6.96. The van der Waals surface area contributed by atoms with Crippen LogP contribution in [0.2, 0.25) is 0 Å². The molecule has 4 nitrogen and oxygen atoms in total. The highest BCUT2D eigenvalue weighted by molar-refractivity contribution is 6.33. The number of hydrogen-bond donors (Lipinski definition) is 0. The lowest BCUT2D eigenvalue weighted by molar-refractivity contribution is -0.113. The second-order valence-electron chi connectivity index (χ2n) is 6.20. The van der Waals surface area contributed by atoms with Crippen molar-refractivity contribution in [1.29, 1.82) is 0 Å². The van der Waals surface area contributed by atoms with Crippen LogP contribution < -0.4 is 4.90 Å². The Morgan fingerprint density at radius 2 is 1.78 bits per heavy atom. The maximum atomic E-state index is 14.4. The number of amidine groups is 1. The van der Waals surface area contributed by atoms with Gasteiger partial charge in [-0.15, -0.1) is 0 Å². The molecule has 0 saturated heterocycles. The molecule has 0 N–H and O–H groups in total. The van der Waals surface area contributed by atoms with Crippen LogP contribution in [-0.2, 0) is 4.79 Å². The Balaban J connectivity index is 1.87. The number of hydrogen-bond acceptors (Lipinski definition) is 3. The minimum atomic E-state index is -0.424. The first-order valence-electron chi connectivity index (χ1n) is 8.50. The third kappa shape index (κ3) is 3.27. The Hall–Kier alpha value is -3.60. The highest BCUT2D eigenvalue weighted by Gasteiger charge is 2.33. The number of aliphatic imine (C=N–C) groups is 1. The van der Waals surface area contributed by atoms with Gasteiger partial charge in [0, 0.05) is 12.4 Å². The van der Waals surface area contributed by atoms with Crippen molar-refractivity contribution in [2.24, 2.45) is 4.99 Å². The van der Waals surface area contributed by atoms with Gasteiger partial charge >= 0.3 is 0 Å². The molecule has 0 radical (unpaired) electrons. The predicted octanol–water partition coefficient (Wildman–Crippen LogP) is 4.36. The van der Waals surface area contributed by atoms with E-state index in [1.165, 1.54) is 11.0 Å². The van der Waals surface area contributed by atoms with Gasteiger partial charge in [-0.25, -0.2) is 9.38 Å². The fraction of sp³-hybridized carbons (Fsp3) is 0.0455. The Morgan fingerprint density at radius 3 is 2.52 bits per heavy atom. The van der Waals surface area contributed by atoms with Crippen molar-refractivity contribution < 1.29 is 9.18 Å². The van der Waals surface area contributed by atoms with Gasteiger partial charge in [0.15, 0.2) is 5.84 Å². The summed E-state index contributed by atoms with van der Waals surface area (Å²) in [6, 6.07) is 17.4. The SMILES string of the molecule is Cc1cccc(N2C(=O)/C(=C\c3ccncc3)N=C2c2ccccc2F)c1. The van der Waals surface area contributed by atoms with E-state index in [2.05, 4.69) is 9.98 Å². The normalized spacial score (nSPS) is 15.3. The zero-order valence-corrected chi connectivity index (χ0v) is 14.6. The average molecular weight is 357 g/mol. The Bertz CT molecular complexity index is 1070. The van der Waals surface area contributed by atoms with Crippen LogP contribution in [0.15, 0.2) is 83.7 Å². The van der Waals surface area contributed by atoms with E-state index in [1.54, 1.807) is 48.8 Å². The predicted molar refractivity (Wildman–Crippen MR) is 104 cm³/mol. The van der Waals surface area contributed by atoms with Crippen molar-refractivity contribution in [2.75, 3.05) is 4.90 Å². The molecule has 2 aromatic carbocycles. The fourth-order valence-corrected chi connectivity index (χ4v) is 2.96. The zero-order chi connectivity index (χ0) is 18.8. The zero-order valence-electron chi connectivity index (χ0n) is 14.6. The summed E-state index contributed by atoms with van der Waals surface area (Å²) in [5.41, 5.74) is 2.99. The van der Waals surface area contributed by atoms with E-state index in [1.807, 2.05) is 31.2 Å². The van der Waals surface area contributed by atoms with Crippen LogP contribution in [0.4, 0.5) is 10.1 Å². The molecule has 0 unspecified atom stereocenters. The van der Waals surface area contributed by atoms with Crippen LogP contribution in [0.1, 0.15) is 16.7 Å². The first-order valence-corrected chi connectivity index (χ1v) is 8.50. The van der Waals surface area contributed by atoms with Gasteiger partial charge in [0.25, 0.3) is 5.91 Å². The molecular formula is C22H16FN3O. The lowest BCUT2D eigenvalue weighted by Gasteiger charge is -2.19. The summed E-state index contributed by atoms with van der Waals surface area (Å²) in [5.74, 6) is -0.438. The van der Waals surface area contributed by atoms with Gasteiger partial charge in [-0.2, -0.15) is 0 Å². The number of nitrogens with zero attached hydrogens (tertiary/aromatic N) is 3. The van der Waals surface area contributed by atoms with Gasteiger partial charge in [-0.3, -0.25) is 14.7 Å². The van der Waals surface area contributed by atoms with Crippen molar-refractivity contribution in [3.63, 3.8) is 0 Å². The maximum absolute atomic E-state index is 14.4. The van der Waals surface area contributed by atoms with Gasteiger partial charge < -0.3 is 0 Å². The number of rotatable bonds is 3. The average Bonchev–Trinajstić information content (AvgIpc) is 2.99. The third-order valence-electron chi connectivity index (χ3n) is 4.24. The summed E-state index contributed by atoms with van der Waals surface area (Å²) in [5, 5.41) is 0. The van der Waals surface area contributed by atoms with E-state index in [9.17, 15) is 9.18 Å². The highest BCUT2D eigenvalue weighted by Crippen LogP contribution is 2.29. The number of pyridine rings is 1. The molecule has 5 heteroatoms. The summed E-state index contributed by atoms with van der Waals surface area (Å²) in [6.07, 6.45) is 4.97. The lowest BCUT2D eigenvalue weighted by atomic mass is 10.1. The molecule has 1 aliphatic rings. The number of amides is 1. The topological polar surface area (TPSA) is 45.6 Å². The van der Waals surface area contributed by atoms with Crippen LogP contribution in [-0.4, -0.2) is 16.7 Å². The molecule has 132 valence electrons. The number of carbonyl (C=O) groups excluding carboxylic acids is 1. The molecule has 2 heterocycles. The smallest absolute Gasteiger partial charge is 0.266 e. The minimum Gasteiger partial charge on any atom is -0.266 e. The lowest BCUT2D eigenvalue weighted by Crippen LogP contribution is -2.33. The van der Waals surface area contributed by atoms with Gasteiger partial charge in [0.05, 0.1) is 11.3 Å². The van der Waals surface area contributed by atoms with Crippen LogP contribution >= 0.6 is 0 Å². The van der Waals surface area contributed by atoms with E-state index >= 15 is 0 Å². The van der Waals surface area contributed by atoms with Crippen molar-refractivity contribution in [3.8, 4) is 0 Å². The van der Waals surface area contributed by atoms with Crippen molar-refractivity contribution in [2.45, 2.75) is 6.92 Å². The summed E-state index contributed by atoms with van der Waals surface area (Å²) >= 11 is 0. The van der Waals surface area contributed by atoms with E-state index < -0.39 is 5.82 Å². The first kappa shape index (κ1) is 16.8. The standard InChI is InChI=1S/C22H16FN3O/c1-15-5-4-6-17(13-15)26-21(18-7-2-3-8-19(18)23)25-20(22(26)27)14-16-9-11-24-12-10-16/h2-14H,1H3/b20-14+. The molecule has 0 bridgehead atoms.